The first-order chi connectivity index (χ1) is 7.79. The SMILES string of the molecule is CCCCOCCn1cncc1C(N)CO. The second-order valence-corrected chi connectivity index (χ2v) is 3.77. The summed E-state index contributed by atoms with van der Waals surface area (Å²) in [6, 6.07) is -0.363. The maximum Gasteiger partial charge on any atom is 0.0949 e. The molecule has 0 saturated heterocycles. The number of aromatic nitrogens is 2. The van der Waals surface area contributed by atoms with Gasteiger partial charge in [-0.15, -0.1) is 0 Å². The molecule has 1 aromatic heterocycles. The van der Waals surface area contributed by atoms with E-state index in [1.165, 1.54) is 0 Å². The van der Waals surface area contributed by atoms with E-state index in [2.05, 4.69) is 11.9 Å². The van der Waals surface area contributed by atoms with Crippen molar-refractivity contribution in [3.63, 3.8) is 0 Å². The summed E-state index contributed by atoms with van der Waals surface area (Å²) in [5.41, 5.74) is 6.59. The average molecular weight is 227 g/mol. The molecule has 0 fully saturated rings. The molecule has 0 aromatic carbocycles. The van der Waals surface area contributed by atoms with E-state index in [0.29, 0.717) is 6.61 Å². The predicted molar refractivity (Wildman–Crippen MR) is 62.0 cm³/mol. The minimum absolute atomic E-state index is 0.0671. The summed E-state index contributed by atoms with van der Waals surface area (Å²) in [5.74, 6) is 0. The molecule has 0 amide bonds. The molecule has 5 heteroatoms. The summed E-state index contributed by atoms with van der Waals surface area (Å²) < 4.78 is 7.39. The Bertz CT molecular complexity index is 289. The Balaban J connectivity index is 2.33. The number of aliphatic hydroxyl groups is 1. The van der Waals surface area contributed by atoms with E-state index in [9.17, 15) is 0 Å². The topological polar surface area (TPSA) is 73.3 Å². The molecule has 1 atom stereocenters. The molecule has 1 rings (SSSR count). The maximum absolute atomic E-state index is 8.98. The zero-order valence-electron chi connectivity index (χ0n) is 9.80. The second-order valence-electron chi connectivity index (χ2n) is 3.77. The first-order valence-electron chi connectivity index (χ1n) is 5.73. The number of imidazole rings is 1. The Morgan fingerprint density at radius 2 is 2.38 bits per heavy atom. The second kappa shape index (κ2) is 7.38. The fourth-order valence-corrected chi connectivity index (χ4v) is 1.43. The highest BCUT2D eigenvalue weighted by Crippen LogP contribution is 2.08. The van der Waals surface area contributed by atoms with Gasteiger partial charge in [0.2, 0.25) is 0 Å². The molecular weight excluding hydrogens is 206 g/mol. The van der Waals surface area contributed by atoms with Crippen LogP contribution in [0.4, 0.5) is 0 Å². The van der Waals surface area contributed by atoms with E-state index in [0.717, 1.165) is 31.7 Å². The highest BCUT2D eigenvalue weighted by Gasteiger charge is 2.09. The van der Waals surface area contributed by atoms with Crippen LogP contribution in [0.5, 0.6) is 0 Å². The summed E-state index contributed by atoms with van der Waals surface area (Å²) in [6.07, 6.45) is 5.64. The monoisotopic (exact) mass is 227 g/mol. The Kier molecular flexibility index (Phi) is 6.07. The highest BCUT2D eigenvalue weighted by atomic mass is 16.5. The Labute approximate surface area is 96.2 Å². The molecule has 1 heterocycles. The number of nitrogens with zero attached hydrogens (tertiary/aromatic N) is 2. The molecule has 1 aromatic rings. The van der Waals surface area contributed by atoms with Gasteiger partial charge in [0.15, 0.2) is 0 Å². The van der Waals surface area contributed by atoms with Crippen LogP contribution in [0.3, 0.4) is 0 Å². The van der Waals surface area contributed by atoms with Gasteiger partial charge < -0.3 is 20.1 Å². The van der Waals surface area contributed by atoms with E-state index >= 15 is 0 Å². The van der Waals surface area contributed by atoms with E-state index in [4.69, 9.17) is 15.6 Å². The quantitative estimate of drug-likeness (QED) is 0.641. The standard InChI is InChI=1S/C11H21N3O2/c1-2-3-5-16-6-4-14-9-13-7-11(14)10(12)8-15/h7,9-10,15H,2-6,8,12H2,1H3. The van der Waals surface area contributed by atoms with Gasteiger partial charge in [0.1, 0.15) is 0 Å². The van der Waals surface area contributed by atoms with Crippen molar-refractivity contribution in [2.45, 2.75) is 32.4 Å². The first-order valence-corrected chi connectivity index (χ1v) is 5.73. The molecule has 0 spiro atoms. The first kappa shape index (κ1) is 13.2. The largest absolute Gasteiger partial charge is 0.394 e. The smallest absolute Gasteiger partial charge is 0.0949 e. The Morgan fingerprint density at radius 1 is 1.56 bits per heavy atom. The van der Waals surface area contributed by atoms with Gasteiger partial charge in [-0.2, -0.15) is 0 Å². The normalized spacial score (nSPS) is 12.9. The van der Waals surface area contributed by atoms with Crippen molar-refractivity contribution in [1.82, 2.24) is 9.55 Å². The number of aliphatic hydroxyl groups excluding tert-OH is 1. The lowest BCUT2D eigenvalue weighted by Gasteiger charge is -2.12. The third-order valence-corrected chi connectivity index (χ3v) is 2.44. The number of ether oxygens (including phenoxy) is 1. The lowest BCUT2D eigenvalue weighted by atomic mass is 10.2. The van der Waals surface area contributed by atoms with Crippen molar-refractivity contribution >= 4 is 0 Å². The zero-order valence-corrected chi connectivity index (χ0v) is 9.80. The predicted octanol–water partition coefficient (Wildman–Crippen LogP) is 0.692. The van der Waals surface area contributed by atoms with Gasteiger partial charge in [0, 0.05) is 19.3 Å². The fraction of sp³-hybridized carbons (Fsp3) is 0.727. The fourth-order valence-electron chi connectivity index (χ4n) is 1.43. The molecule has 0 bridgehead atoms. The van der Waals surface area contributed by atoms with Gasteiger partial charge in [0.05, 0.1) is 31.3 Å². The molecule has 1 unspecified atom stereocenters. The summed E-state index contributed by atoms with van der Waals surface area (Å²) >= 11 is 0. The minimum Gasteiger partial charge on any atom is -0.394 e. The third kappa shape index (κ3) is 3.92. The summed E-state index contributed by atoms with van der Waals surface area (Å²) in [6.45, 7) is 4.25. The molecule has 0 saturated carbocycles. The van der Waals surface area contributed by atoms with Crippen LogP contribution in [-0.4, -0.2) is 34.5 Å². The summed E-state index contributed by atoms with van der Waals surface area (Å²) in [7, 11) is 0. The number of unbranched alkanes of at least 4 members (excludes halogenated alkanes) is 1. The third-order valence-electron chi connectivity index (χ3n) is 2.44. The lowest BCUT2D eigenvalue weighted by molar-refractivity contribution is 0.122. The minimum atomic E-state index is -0.363. The zero-order chi connectivity index (χ0) is 11.8. The van der Waals surface area contributed by atoms with Crippen molar-refractivity contribution < 1.29 is 9.84 Å². The molecule has 0 aliphatic carbocycles. The van der Waals surface area contributed by atoms with Crippen LogP contribution in [0, 0.1) is 0 Å². The summed E-state index contributed by atoms with van der Waals surface area (Å²) in [4.78, 5) is 4.02. The average Bonchev–Trinajstić information content (AvgIpc) is 2.76. The van der Waals surface area contributed by atoms with Crippen molar-refractivity contribution in [2.75, 3.05) is 19.8 Å². The number of rotatable bonds is 8. The van der Waals surface area contributed by atoms with Crippen molar-refractivity contribution in [2.24, 2.45) is 5.73 Å². The molecule has 0 radical (unpaired) electrons. The van der Waals surface area contributed by atoms with Crippen molar-refractivity contribution in [3.05, 3.63) is 18.2 Å². The molecule has 16 heavy (non-hydrogen) atoms. The molecule has 5 nitrogen and oxygen atoms in total. The molecule has 3 N–H and O–H groups in total. The molecular formula is C11H21N3O2. The highest BCUT2D eigenvalue weighted by molar-refractivity contribution is 5.04. The number of nitrogens with two attached hydrogens (primary N) is 1. The van der Waals surface area contributed by atoms with Gasteiger partial charge in [-0.05, 0) is 6.42 Å². The van der Waals surface area contributed by atoms with Crippen LogP contribution in [0.1, 0.15) is 31.5 Å². The van der Waals surface area contributed by atoms with E-state index in [1.54, 1.807) is 12.5 Å². The van der Waals surface area contributed by atoms with Crippen molar-refractivity contribution in [3.8, 4) is 0 Å². The van der Waals surface area contributed by atoms with Crippen molar-refractivity contribution in [1.29, 1.82) is 0 Å². The van der Waals surface area contributed by atoms with Crippen LogP contribution >= 0.6 is 0 Å². The van der Waals surface area contributed by atoms with Crippen LogP contribution in [0.15, 0.2) is 12.5 Å². The van der Waals surface area contributed by atoms with Gasteiger partial charge >= 0.3 is 0 Å². The molecule has 0 aliphatic rings. The number of hydrogen-bond acceptors (Lipinski definition) is 4. The lowest BCUT2D eigenvalue weighted by Crippen LogP contribution is -2.20. The van der Waals surface area contributed by atoms with Gasteiger partial charge in [0.25, 0.3) is 0 Å². The van der Waals surface area contributed by atoms with Crippen LogP contribution < -0.4 is 5.73 Å². The van der Waals surface area contributed by atoms with Gasteiger partial charge in [-0.3, -0.25) is 0 Å². The Morgan fingerprint density at radius 3 is 3.06 bits per heavy atom. The van der Waals surface area contributed by atoms with E-state index in [1.807, 2.05) is 4.57 Å². The Hall–Kier alpha value is -0.910. The van der Waals surface area contributed by atoms with E-state index in [-0.39, 0.29) is 12.6 Å². The molecule has 0 aliphatic heterocycles. The maximum atomic E-state index is 8.98. The summed E-state index contributed by atoms with van der Waals surface area (Å²) in [5, 5.41) is 8.98. The van der Waals surface area contributed by atoms with Crippen LogP contribution in [0.25, 0.3) is 0 Å². The molecule has 92 valence electrons. The van der Waals surface area contributed by atoms with Crippen LogP contribution in [0.2, 0.25) is 0 Å². The van der Waals surface area contributed by atoms with Crippen LogP contribution in [-0.2, 0) is 11.3 Å². The number of hydrogen-bond donors (Lipinski definition) is 2. The van der Waals surface area contributed by atoms with Gasteiger partial charge in [-0.25, -0.2) is 4.98 Å². The van der Waals surface area contributed by atoms with Gasteiger partial charge in [-0.1, -0.05) is 13.3 Å². The van der Waals surface area contributed by atoms with E-state index < -0.39 is 0 Å².